The van der Waals surface area contributed by atoms with Gasteiger partial charge in [-0.1, -0.05) is 26.3 Å². The summed E-state index contributed by atoms with van der Waals surface area (Å²) in [7, 11) is 3.56. The molecule has 0 radical (unpaired) electrons. The predicted octanol–water partition coefficient (Wildman–Crippen LogP) is 0.710. The Kier molecular flexibility index (Phi) is 15.9. The Morgan fingerprint density at radius 2 is 1.82 bits per heavy atom. The first kappa shape index (κ1) is 53.1. The average molecular weight is 1010 g/mol. The number of pyridine rings is 1. The maximum Gasteiger partial charge on any atom is 0.411 e. The molecular weight excluding hydrogens is 950 g/mol. The number of halogens is 1. The summed E-state index contributed by atoms with van der Waals surface area (Å²) < 4.78 is 37.9. The first-order chi connectivity index (χ1) is 34.1. The van der Waals surface area contributed by atoms with Crippen LogP contribution >= 0.6 is 0 Å². The molecular formula is C48H58FN7O16. The molecule has 4 aliphatic heterocycles. The van der Waals surface area contributed by atoms with Crippen molar-refractivity contribution in [3.05, 3.63) is 69.7 Å². The van der Waals surface area contributed by atoms with Gasteiger partial charge >= 0.3 is 12.1 Å². The molecule has 0 spiro atoms. The monoisotopic (exact) mass is 1010 g/mol. The van der Waals surface area contributed by atoms with Gasteiger partial charge in [0, 0.05) is 67.5 Å². The Morgan fingerprint density at radius 3 is 2.49 bits per heavy atom. The maximum absolute atomic E-state index is 14.9. The van der Waals surface area contributed by atoms with Crippen molar-refractivity contribution in [1.29, 1.82) is 0 Å². The molecule has 7 rings (SSSR count). The third kappa shape index (κ3) is 10.2. The smallest absolute Gasteiger partial charge is 0.411 e. The lowest BCUT2D eigenvalue weighted by atomic mass is 9.87. The SMILES string of the molecule is CCC(C)C1CC(=O)N(CCC(=O)Nc2cc(COC(=O)N(CCN(C)C)COCc3c4c(nc5cc(F)c(N)cc35)C3(C)C(C=O)=C(CO)C(=O)N3C4)ccc2O[C@@H]2O[C@H](C(=O)O)[C@@H](O)C(O)[C@H]2O)C1=O. The van der Waals surface area contributed by atoms with E-state index in [9.17, 15) is 63.5 Å². The van der Waals surface area contributed by atoms with Crippen LogP contribution < -0.4 is 15.8 Å². The van der Waals surface area contributed by atoms with Crippen LogP contribution in [-0.2, 0) is 68.3 Å². The molecule has 5 amide bonds. The molecule has 2 aromatic carbocycles. The highest BCUT2D eigenvalue weighted by Gasteiger charge is 2.56. The second-order valence-corrected chi connectivity index (χ2v) is 18.6. The number of carbonyl (C=O) groups excluding carboxylic acids is 6. The highest BCUT2D eigenvalue weighted by atomic mass is 19.1. The summed E-state index contributed by atoms with van der Waals surface area (Å²) in [6.45, 7) is 3.88. The molecule has 4 aliphatic rings. The number of benzene rings is 2. The van der Waals surface area contributed by atoms with E-state index in [0.29, 0.717) is 35.8 Å². The highest BCUT2D eigenvalue weighted by molar-refractivity contribution is 6.06. The minimum absolute atomic E-state index is 0.0206. The molecule has 0 saturated carbocycles. The van der Waals surface area contributed by atoms with Gasteiger partial charge < -0.3 is 65.3 Å². The maximum atomic E-state index is 14.9. The number of nitrogen functional groups attached to an aromatic ring is 1. The fraction of sp³-hybridized carbons (Fsp3) is 0.500. The molecule has 24 heteroatoms. The van der Waals surface area contributed by atoms with Crippen molar-refractivity contribution in [2.24, 2.45) is 11.8 Å². The first-order valence-electron chi connectivity index (χ1n) is 23.2. The number of nitrogens with zero attached hydrogens (tertiary/aromatic N) is 5. The number of aliphatic hydroxyl groups is 4. The molecule has 2 saturated heterocycles. The van der Waals surface area contributed by atoms with Gasteiger partial charge in [0.25, 0.3) is 5.91 Å². The van der Waals surface area contributed by atoms with Crippen LogP contribution in [0.5, 0.6) is 5.75 Å². The van der Waals surface area contributed by atoms with E-state index in [2.05, 4.69) is 5.32 Å². The minimum atomic E-state index is -2.01. The number of carboxylic acid groups (broad SMARTS) is 1. The summed E-state index contributed by atoms with van der Waals surface area (Å²) >= 11 is 0. The van der Waals surface area contributed by atoms with Crippen molar-refractivity contribution in [1.82, 2.24) is 24.6 Å². The molecule has 23 nitrogen and oxygen atoms in total. The van der Waals surface area contributed by atoms with Gasteiger partial charge in [0.15, 0.2) is 6.10 Å². The number of anilines is 2. The largest absolute Gasteiger partial charge is 0.479 e. The van der Waals surface area contributed by atoms with Crippen molar-refractivity contribution < 1.29 is 82.4 Å². The van der Waals surface area contributed by atoms with Crippen molar-refractivity contribution in [2.45, 2.75) is 96.0 Å². The summed E-state index contributed by atoms with van der Waals surface area (Å²) in [5, 5.41) is 53.9. The number of imide groups is 1. The van der Waals surface area contributed by atoms with Crippen molar-refractivity contribution >= 4 is 64.3 Å². The number of nitrogens with one attached hydrogen (secondary N) is 1. The topological polar surface area (TPSA) is 321 Å². The molecule has 72 heavy (non-hydrogen) atoms. The van der Waals surface area contributed by atoms with Crippen LogP contribution in [0, 0.1) is 17.7 Å². The zero-order chi connectivity index (χ0) is 52.5. The molecule has 0 aliphatic carbocycles. The Hall–Kier alpha value is -6.67. The molecule has 8 atom stereocenters. The van der Waals surface area contributed by atoms with Gasteiger partial charge in [0.1, 0.15) is 55.0 Å². The molecule has 8 N–H and O–H groups in total. The molecule has 3 aromatic rings. The number of fused-ring (bicyclic) bond motifs is 4. The number of likely N-dealkylation sites (tertiary alicyclic amines) is 1. The van der Waals surface area contributed by atoms with Crippen LogP contribution in [0.15, 0.2) is 41.5 Å². The predicted molar refractivity (Wildman–Crippen MR) is 248 cm³/mol. The number of ether oxygens (including phenoxy) is 4. The Labute approximate surface area is 411 Å². The number of aromatic nitrogens is 1. The molecule has 0 bridgehead atoms. The number of carboxylic acids is 1. The molecule has 5 heterocycles. The number of likely N-dealkylation sites (N-methyl/N-ethyl adjacent to an activating group) is 1. The van der Waals surface area contributed by atoms with E-state index in [4.69, 9.17) is 29.7 Å². The van der Waals surface area contributed by atoms with Gasteiger partial charge in [-0.15, -0.1) is 0 Å². The summed E-state index contributed by atoms with van der Waals surface area (Å²) in [6.07, 6.45) is -9.87. The second-order valence-electron chi connectivity index (χ2n) is 18.6. The average Bonchev–Trinajstić information content (AvgIpc) is 3.88. The van der Waals surface area contributed by atoms with Gasteiger partial charge in [0.05, 0.1) is 41.4 Å². The van der Waals surface area contributed by atoms with Gasteiger partial charge in [-0.2, -0.15) is 0 Å². The van der Waals surface area contributed by atoms with Crippen LogP contribution in [0.2, 0.25) is 0 Å². The zero-order valence-electron chi connectivity index (χ0n) is 40.2. The summed E-state index contributed by atoms with van der Waals surface area (Å²) in [5.41, 5.74) is 5.93. The van der Waals surface area contributed by atoms with E-state index in [0.717, 1.165) is 11.0 Å². The molecule has 388 valence electrons. The van der Waals surface area contributed by atoms with Crippen molar-refractivity contribution in [3.8, 4) is 5.75 Å². The quantitative estimate of drug-likeness (QED) is 0.0355. The number of hydrogen-bond donors (Lipinski definition) is 7. The number of aliphatic hydroxyl groups excluding tert-OH is 4. The first-order valence-corrected chi connectivity index (χ1v) is 23.2. The summed E-state index contributed by atoms with van der Waals surface area (Å²) in [4.78, 5) is 101. The van der Waals surface area contributed by atoms with Gasteiger partial charge in [-0.05, 0) is 56.3 Å². The number of hydrogen-bond acceptors (Lipinski definition) is 18. The van der Waals surface area contributed by atoms with E-state index in [-0.39, 0.29) is 103 Å². The van der Waals surface area contributed by atoms with Gasteiger partial charge in [-0.3, -0.25) is 33.8 Å². The third-order valence-electron chi connectivity index (χ3n) is 13.7. The van der Waals surface area contributed by atoms with Gasteiger partial charge in [0.2, 0.25) is 24.0 Å². The number of carbonyl (C=O) groups is 7. The standard InChI is InChI=1S/C48H58FN7O16/c1-6-23(2)25-15-37(60)55(43(25)64)10-9-36(59)51-34-13-24(7-8-35(34)71-46-40(63)38(61)39(62)41(72-46)45(66)67)20-70-47(68)54(12-11-53(4)5)22-69-21-29-26-14-32(50)31(49)16-33(26)52-42-27(29)17-56-44(65)28(18-57)30(19-58)48(42,56)3/h7-8,13-14,16,19,23,25,38-41,46,57,61-63H,6,9-12,15,17-18,20-22,50H2,1-5H3,(H,51,59)(H,66,67)/t23?,25?,38?,39-,40+,41-,46+,48?/m0/s1. The van der Waals surface area contributed by atoms with E-state index in [1.54, 1.807) is 21.0 Å². The lowest BCUT2D eigenvalue weighted by Gasteiger charge is -2.38. The zero-order valence-corrected chi connectivity index (χ0v) is 40.2. The van der Waals surface area contributed by atoms with E-state index in [1.165, 1.54) is 34.1 Å². The van der Waals surface area contributed by atoms with Crippen LogP contribution in [0.4, 0.5) is 20.6 Å². The highest BCUT2D eigenvalue weighted by Crippen LogP contribution is 2.50. The Bertz CT molecular complexity index is 2700. The van der Waals surface area contributed by atoms with Crippen molar-refractivity contribution in [3.63, 3.8) is 0 Å². The number of rotatable bonds is 20. The third-order valence-corrected chi connectivity index (χ3v) is 13.7. The molecule has 1 aromatic heterocycles. The Balaban J connectivity index is 1.10. The molecule has 2 fully saturated rings. The van der Waals surface area contributed by atoms with Crippen LogP contribution in [-0.4, -0.2) is 170 Å². The normalized spacial score (nSPS) is 24.2. The number of amides is 5. The molecule has 4 unspecified atom stereocenters. The second kappa shape index (κ2) is 21.6. The van der Waals surface area contributed by atoms with E-state index in [1.807, 2.05) is 18.7 Å². The summed E-state index contributed by atoms with van der Waals surface area (Å²) in [5.74, 6) is -5.26. The Morgan fingerprint density at radius 1 is 1.08 bits per heavy atom. The lowest BCUT2D eigenvalue weighted by molar-refractivity contribution is -0.271. The van der Waals surface area contributed by atoms with Crippen LogP contribution in [0.3, 0.4) is 0 Å². The minimum Gasteiger partial charge on any atom is -0.479 e. The van der Waals surface area contributed by atoms with E-state index < -0.39 is 91.0 Å². The van der Waals surface area contributed by atoms with E-state index >= 15 is 0 Å². The number of aldehydes is 1. The van der Waals surface area contributed by atoms with Crippen LogP contribution in [0.25, 0.3) is 10.9 Å². The van der Waals surface area contributed by atoms with Crippen LogP contribution in [0.1, 0.15) is 62.4 Å². The number of nitrogens with two attached hydrogens (primary N) is 1. The van der Waals surface area contributed by atoms with Crippen molar-refractivity contribution in [2.75, 3.05) is 58.1 Å². The fourth-order valence-electron chi connectivity index (χ4n) is 9.31. The lowest BCUT2D eigenvalue weighted by Crippen LogP contribution is -2.61. The fourth-order valence-corrected chi connectivity index (χ4v) is 9.31. The summed E-state index contributed by atoms with van der Waals surface area (Å²) in [6, 6.07) is 6.56. The van der Waals surface area contributed by atoms with Gasteiger partial charge in [-0.25, -0.2) is 19.0 Å². The number of aliphatic carboxylic acids is 1.